The van der Waals surface area contributed by atoms with Crippen molar-refractivity contribution in [2.24, 2.45) is 11.8 Å². The van der Waals surface area contributed by atoms with E-state index >= 15 is 0 Å². The van der Waals surface area contributed by atoms with Crippen molar-refractivity contribution in [2.45, 2.75) is 97.1 Å². The van der Waals surface area contributed by atoms with E-state index in [4.69, 9.17) is 0 Å². The molecule has 1 saturated carbocycles. The average molecular weight is 448 g/mol. The van der Waals surface area contributed by atoms with E-state index in [-0.39, 0.29) is 34.8 Å². The zero-order chi connectivity index (χ0) is 22.6. The van der Waals surface area contributed by atoms with Crippen molar-refractivity contribution in [2.75, 3.05) is 11.5 Å². The Bertz CT molecular complexity index is 830. The topological polar surface area (TPSA) is 54.5 Å². The van der Waals surface area contributed by atoms with E-state index in [1.165, 1.54) is 24.8 Å². The summed E-state index contributed by atoms with van der Waals surface area (Å²) >= 11 is 0. The number of unbranched alkanes of at least 4 members (excludes halogenated alkanes) is 1. The molecule has 31 heavy (non-hydrogen) atoms. The molecule has 0 radical (unpaired) electrons. The maximum atomic E-state index is 13.6. The van der Waals surface area contributed by atoms with Gasteiger partial charge in [-0.1, -0.05) is 71.2 Å². The zero-order valence-corrected chi connectivity index (χ0v) is 20.7. The monoisotopic (exact) mass is 447 g/mol. The van der Waals surface area contributed by atoms with Crippen LogP contribution in [0.25, 0.3) is 0 Å². The minimum Gasteiger partial charge on any atom is -0.334 e. The van der Waals surface area contributed by atoms with Crippen LogP contribution < -0.4 is 0 Å². The molecule has 0 bridgehead atoms. The maximum absolute atomic E-state index is 13.6. The highest BCUT2D eigenvalue weighted by Gasteiger charge is 2.38. The van der Waals surface area contributed by atoms with Crippen LogP contribution in [-0.2, 0) is 26.6 Å². The van der Waals surface area contributed by atoms with Crippen LogP contribution in [0, 0.1) is 11.8 Å². The molecule has 1 aliphatic carbocycles. The first kappa shape index (κ1) is 24.3. The fraction of sp³-hybridized carbons (Fsp3) is 0.731. The Kier molecular flexibility index (Phi) is 7.88. The van der Waals surface area contributed by atoms with Crippen LogP contribution in [0.1, 0.15) is 90.2 Å². The Morgan fingerprint density at radius 3 is 2.19 bits per heavy atom. The first-order valence-corrected chi connectivity index (χ1v) is 14.0. The molecule has 1 aliphatic heterocycles. The Morgan fingerprint density at radius 2 is 1.68 bits per heavy atom. The molecule has 2 aliphatic rings. The summed E-state index contributed by atoms with van der Waals surface area (Å²) in [4.78, 5) is 15.5. The van der Waals surface area contributed by atoms with Crippen molar-refractivity contribution >= 4 is 15.7 Å². The van der Waals surface area contributed by atoms with Gasteiger partial charge in [0.15, 0.2) is 9.84 Å². The molecule has 5 heteroatoms. The molecule has 3 rings (SSSR count). The Balaban J connectivity index is 1.72. The summed E-state index contributed by atoms with van der Waals surface area (Å²) in [7, 11) is -3.04. The van der Waals surface area contributed by atoms with E-state index in [2.05, 4.69) is 52.0 Å². The highest BCUT2D eigenvalue weighted by atomic mass is 32.2. The molecular weight excluding hydrogens is 406 g/mol. The molecule has 2 fully saturated rings. The lowest BCUT2D eigenvalue weighted by atomic mass is 9.79. The Labute approximate surface area is 189 Å². The summed E-state index contributed by atoms with van der Waals surface area (Å²) in [5.41, 5.74) is 2.44. The third-order valence-electron chi connectivity index (χ3n) is 7.27. The molecular formula is C26H41NO3S. The number of carbonyl (C=O) groups excluding carboxylic acids is 1. The molecule has 0 spiro atoms. The number of amides is 1. The summed E-state index contributed by atoms with van der Waals surface area (Å²) in [5.74, 6) is 1.30. The van der Waals surface area contributed by atoms with Gasteiger partial charge in [-0.05, 0) is 54.6 Å². The van der Waals surface area contributed by atoms with Crippen LogP contribution in [0.2, 0.25) is 0 Å². The second kappa shape index (κ2) is 10.1. The smallest absolute Gasteiger partial charge is 0.226 e. The van der Waals surface area contributed by atoms with Gasteiger partial charge in [0.05, 0.1) is 11.5 Å². The predicted octanol–water partition coefficient (Wildman–Crippen LogP) is 5.50. The molecule has 174 valence electrons. The van der Waals surface area contributed by atoms with Crippen molar-refractivity contribution < 1.29 is 13.2 Å². The second-order valence-corrected chi connectivity index (χ2v) is 13.1. The van der Waals surface area contributed by atoms with Crippen molar-refractivity contribution in [1.29, 1.82) is 0 Å². The SMILES string of the molecule is CCCCC1CCC(C(=O)N(Cc2ccc(C(C)(C)C)cc2)[C@@H]2CCS(=O)(=O)C2)CC1. The summed E-state index contributed by atoms with van der Waals surface area (Å²) < 4.78 is 24.3. The van der Waals surface area contributed by atoms with Gasteiger partial charge in [-0.3, -0.25) is 4.79 Å². The van der Waals surface area contributed by atoms with Crippen LogP contribution in [0.5, 0.6) is 0 Å². The first-order valence-electron chi connectivity index (χ1n) is 12.2. The second-order valence-electron chi connectivity index (χ2n) is 10.8. The number of nitrogens with zero attached hydrogens (tertiary/aromatic N) is 1. The highest BCUT2D eigenvalue weighted by Crippen LogP contribution is 2.34. The van der Waals surface area contributed by atoms with E-state index in [0.717, 1.165) is 37.2 Å². The van der Waals surface area contributed by atoms with E-state index in [1.807, 2.05) is 4.90 Å². The lowest BCUT2D eigenvalue weighted by molar-refractivity contribution is -0.139. The average Bonchev–Trinajstić information content (AvgIpc) is 3.09. The highest BCUT2D eigenvalue weighted by molar-refractivity contribution is 7.91. The Hall–Kier alpha value is -1.36. The van der Waals surface area contributed by atoms with Gasteiger partial charge in [-0.25, -0.2) is 8.42 Å². The molecule has 1 saturated heterocycles. The number of rotatable bonds is 7. The largest absolute Gasteiger partial charge is 0.334 e. The molecule has 0 aromatic heterocycles. The number of sulfone groups is 1. The third-order valence-corrected chi connectivity index (χ3v) is 9.02. The minimum absolute atomic E-state index is 0.0510. The van der Waals surface area contributed by atoms with Crippen LogP contribution in [0.15, 0.2) is 24.3 Å². The fourth-order valence-electron chi connectivity index (χ4n) is 5.14. The lowest BCUT2D eigenvalue weighted by Gasteiger charge is -2.35. The molecule has 1 atom stereocenters. The lowest BCUT2D eigenvalue weighted by Crippen LogP contribution is -2.44. The number of carbonyl (C=O) groups is 1. The van der Waals surface area contributed by atoms with Crippen LogP contribution >= 0.6 is 0 Å². The predicted molar refractivity (Wildman–Crippen MR) is 128 cm³/mol. The van der Waals surface area contributed by atoms with Gasteiger partial charge >= 0.3 is 0 Å². The van der Waals surface area contributed by atoms with Gasteiger partial charge in [-0.2, -0.15) is 0 Å². The van der Waals surface area contributed by atoms with Crippen LogP contribution in [0.3, 0.4) is 0 Å². The minimum atomic E-state index is -3.04. The molecule has 1 aromatic rings. The quantitative estimate of drug-likeness (QED) is 0.555. The van der Waals surface area contributed by atoms with E-state index in [9.17, 15) is 13.2 Å². The number of hydrogen-bond donors (Lipinski definition) is 0. The van der Waals surface area contributed by atoms with Crippen LogP contribution in [-0.4, -0.2) is 36.8 Å². The van der Waals surface area contributed by atoms with Crippen LogP contribution in [0.4, 0.5) is 0 Å². The standard InChI is InChI=1S/C26H41NO3S/c1-5-6-7-20-8-12-22(13-9-20)25(28)27(24-16-17-31(29,30)19-24)18-21-10-14-23(15-11-21)26(2,3)4/h10-11,14-15,20,22,24H,5-9,12-13,16-19H2,1-4H3/t20?,22?,24-/m1/s1. The molecule has 1 aromatic carbocycles. The summed E-state index contributed by atoms with van der Waals surface area (Å²) in [6.07, 6.45) is 8.53. The zero-order valence-electron chi connectivity index (χ0n) is 19.9. The van der Waals surface area contributed by atoms with Crippen molar-refractivity contribution in [3.63, 3.8) is 0 Å². The normalized spacial score (nSPS) is 26.0. The van der Waals surface area contributed by atoms with E-state index < -0.39 is 9.84 Å². The van der Waals surface area contributed by atoms with E-state index in [0.29, 0.717) is 13.0 Å². The van der Waals surface area contributed by atoms with Gasteiger partial charge in [0.2, 0.25) is 5.91 Å². The molecule has 0 N–H and O–H groups in total. The molecule has 4 nitrogen and oxygen atoms in total. The number of hydrogen-bond acceptors (Lipinski definition) is 3. The van der Waals surface area contributed by atoms with Gasteiger partial charge in [-0.15, -0.1) is 0 Å². The fourth-order valence-corrected chi connectivity index (χ4v) is 6.87. The van der Waals surface area contributed by atoms with Gasteiger partial charge in [0, 0.05) is 18.5 Å². The van der Waals surface area contributed by atoms with Gasteiger partial charge in [0.25, 0.3) is 0 Å². The molecule has 1 heterocycles. The van der Waals surface area contributed by atoms with Gasteiger partial charge in [0.1, 0.15) is 0 Å². The summed E-state index contributed by atoms with van der Waals surface area (Å²) in [6.45, 7) is 9.32. The molecule has 0 unspecified atom stereocenters. The molecule has 1 amide bonds. The van der Waals surface area contributed by atoms with Crippen molar-refractivity contribution in [3.8, 4) is 0 Å². The number of benzene rings is 1. The van der Waals surface area contributed by atoms with Crippen molar-refractivity contribution in [1.82, 2.24) is 4.90 Å². The summed E-state index contributed by atoms with van der Waals surface area (Å²) in [5, 5.41) is 0. The Morgan fingerprint density at radius 1 is 1.03 bits per heavy atom. The summed E-state index contributed by atoms with van der Waals surface area (Å²) in [6, 6.07) is 8.31. The third kappa shape index (κ3) is 6.57. The first-order chi connectivity index (χ1) is 14.6. The van der Waals surface area contributed by atoms with E-state index in [1.54, 1.807) is 0 Å². The maximum Gasteiger partial charge on any atom is 0.226 e. The van der Waals surface area contributed by atoms with Gasteiger partial charge < -0.3 is 4.90 Å². The van der Waals surface area contributed by atoms with Crippen molar-refractivity contribution in [3.05, 3.63) is 35.4 Å².